The zero-order chi connectivity index (χ0) is 16.8. The van der Waals surface area contributed by atoms with Crippen LogP contribution in [0.3, 0.4) is 0 Å². The van der Waals surface area contributed by atoms with E-state index in [0.717, 1.165) is 21.7 Å². The molecule has 1 aromatic heterocycles. The van der Waals surface area contributed by atoms with E-state index in [0.29, 0.717) is 26.6 Å². The highest BCUT2D eigenvalue weighted by Gasteiger charge is 2.31. The Morgan fingerprint density at radius 1 is 1.04 bits per heavy atom. The Labute approximate surface area is 144 Å². The molecule has 3 aromatic rings. The first-order valence-corrected chi connectivity index (χ1v) is 8.16. The number of rotatable bonds is 2. The summed E-state index contributed by atoms with van der Waals surface area (Å²) in [4.78, 5) is 0.781. The van der Waals surface area contributed by atoms with Gasteiger partial charge in [0.25, 0.3) is 0 Å². The molecule has 0 saturated heterocycles. The van der Waals surface area contributed by atoms with Gasteiger partial charge in [0, 0.05) is 42.7 Å². The second-order valence-electron chi connectivity index (χ2n) is 4.94. The van der Waals surface area contributed by atoms with Crippen LogP contribution in [-0.4, -0.2) is 0 Å². The van der Waals surface area contributed by atoms with E-state index in [-0.39, 0.29) is 6.54 Å². The Hall–Kier alpha value is -1.27. The highest BCUT2D eigenvalue weighted by Crippen LogP contribution is 2.44. The molecule has 0 fully saturated rings. The predicted molar refractivity (Wildman–Crippen MR) is 90.2 cm³/mol. The van der Waals surface area contributed by atoms with Crippen molar-refractivity contribution in [2.24, 2.45) is 5.73 Å². The Balaban J connectivity index is 2.33. The first-order valence-electron chi connectivity index (χ1n) is 6.59. The molecular weight excluding hydrogens is 366 g/mol. The van der Waals surface area contributed by atoms with Crippen molar-refractivity contribution in [2.75, 3.05) is 0 Å². The van der Waals surface area contributed by atoms with Gasteiger partial charge in [0.1, 0.15) is 0 Å². The van der Waals surface area contributed by atoms with Crippen LogP contribution in [0.15, 0.2) is 36.4 Å². The third-order valence-corrected chi connectivity index (χ3v) is 5.21. The monoisotopic (exact) mass is 375 g/mol. The zero-order valence-electron chi connectivity index (χ0n) is 11.5. The third-order valence-electron chi connectivity index (χ3n) is 3.47. The van der Waals surface area contributed by atoms with Gasteiger partial charge in [-0.3, -0.25) is 0 Å². The van der Waals surface area contributed by atoms with E-state index in [2.05, 4.69) is 0 Å². The van der Waals surface area contributed by atoms with Crippen LogP contribution in [0.5, 0.6) is 0 Å². The van der Waals surface area contributed by atoms with Crippen LogP contribution in [0, 0.1) is 0 Å². The number of benzene rings is 2. The predicted octanol–water partition coefficient (Wildman–Crippen LogP) is 6.35. The summed E-state index contributed by atoms with van der Waals surface area (Å²) in [6.45, 7) is 0.217. The van der Waals surface area contributed by atoms with Gasteiger partial charge < -0.3 is 5.73 Å². The molecule has 0 bridgehead atoms. The summed E-state index contributed by atoms with van der Waals surface area (Å²) in [5.74, 6) is 0. The Kier molecular flexibility index (Phi) is 4.31. The number of thiophene rings is 1. The van der Waals surface area contributed by atoms with E-state index < -0.39 is 11.7 Å². The van der Waals surface area contributed by atoms with E-state index in [9.17, 15) is 13.2 Å². The van der Waals surface area contributed by atoms with Crippen molar-refractivity contribution in [1.82, 2.24) is 0 Å². The van der Waals surface area contributed by atoms with E-state index in [1.54, 1.807) is 18.2 Å². The van der Waals surface area contributed by atoms with Gasteiger partial charge in [-0.1, -0.05) is 29.3 Å². The van der Waals surface area contributed by atoms with Gasteiger partial charge >= 0.3 is 6.18 Å². The van der Waals surface area contributed by atoms with Gasteiger partial charge in [-0.25, -0.2) is 0 Å². The van der Waals surface area contributed by atoms with E-state index in [1.165, 1.54) is 17.4 Å². The average molecular weight is 376 g/mol. The fourth-order valence-electron chi connectivity index (χ4n) is 2.46. The second kappa shape index (κ2) is 5.98. The van der Waals surface area contributed by atoms with Crippen LogP contribution in [-0.2, 0) is 12.7 Å². The summed E-state index contributed by atoms with van der Waals surface area (Å²) < 4.78 is 39.8. The van der Waals surface area contributed by atoms with Gasteiger partial charge in [0.15, 0.2) is 0 Å². The van der Waals surface area contributed by atoms with Crippen molar-refractivity contribution < 1.29 is 13.2 Å². The summed E-state index contributed by atoms with van der Waals surface area (Å²) in [6.07, 6.45) is -4.40. The van der Waals surface area contributed by atoms with Crippen molar-refractivity contribution in [2.45, 2.75) is 12.7 Å². The molecular formula is C16H10Cl2F3NS. The molecule has 0 aliphatic heterocycles. The lowest BCUT2D eigenvalue weighted by atomic mass is 10.0. The second-order valence-corrected chi connectivity index (χ2v) is 6.92. The number of alkyl halides is 3. The quantitative estimate of drug-likeness (QED) is 0.554. The number of fused-ring (bicyclic) bond motifs is 1. The van der Waals surface area contributed by atoms with Crippen molar-refractivity contribution in [3.63, 3.8) is 0 Å². The Morgan fingerprint density at radius 2 is 1.78 bits per heavy atom. The highest BCUT2D eigenvalue weighted by atomic mass is 35.5. The molecule has 120 valence electrons. The van der Waals surface area contributed by atoms with Gasteiger partial charge in [-0.2, -0.15) is 13.2 Å². The summed E-state index contributed by atoms with van der Waals surface area (Å²) in [5, 5.41) is 1.34. The number of halogens is 5. The van der Waals surface area contributed by atoms with Crippen LogP contribution in [0.25, 0.3) is 21.2 Å². The van der Waals surface area contributed by atoms with Crippen LogP contribution < -0.4 is 5.73 Å². The molecule has 1 heterocycles. The molecule has 0 aliphatic rings. The van der Waals surface area contributed by atoms with Crippen molar-refractivity contribution in [3.05, 3.63) is 56.9 Å². The van der Waals surface area contributed by atoms with Gasteiger partial charge in [-0.15, -0.1) is 11.3 Å². The molecule has 0 aliphatic carbocycles. The average Bonchev–Trinajstić information content (AvgIpc) is 2.84. The summed E-state index contributed by atoms with van der Waals surface area (Å²) in [6, 6.07) is 8.61. The maximum Gasteiger partial charge on any atom is 0.416 e. The van der Waals surface area contributed by atoms with Crippen molar-refractivity contribution >= 4 is 44.6 Å². The lowest BCUT2D eigenvalue weighted by molar-refractivity contribution is -0.137. The summed E-state index contributed by atoms with van der Waals surface area (Å²) in [5.41, 5.74) is 6.34. The lowest BCUT2D eigenvalue weighted by Crippen LogP contribution is -2.04. The molecule has 2 N–H and O–H groups in total. The number of nitrogens with two attached hydrogens (primary N) is 1. The standard InChI is InChI=1S/C16H10Cl2F3NS/c17-9-2-3-10(12(18)6-9)15-11-5-8(16(19,20)21)1-4-13(11)23-14(15)7-22/h1-6H,7,22H2. The smallest absolute Gasteiger partial charge is 0.326 e. The normalized spacial score (nSPS) is 12.1. The fraction of sp³-hybridized carbons (Fsp3) is 0.125. The minimum Gasteiger partial charge on any atom is -0.326 e. The molecule has 0 amide bonds. The molecule has 3 rings (SSSR count). The van der Waals surface area contributed by atoms with Crippen LogP contribution in [0.1, 0.15) is 10.4 Å². The van der Waals surface area contributed by atoms with Gasteiger partial charge in [0.2, 0.25) is 0 Å². The molecule has 0 saturated carbocycles. The van der Waals surface area contributed by atoms with Crippen molar-refractivity contribution in [1.29, 1.82) is 0 Å². The molecule has 0 radical (unpaired) electrons. The molecule has 23 heavy (non-hydrogen) atoms. The van der Waals surface area contributed by atoms with Gasteiger partial charge in [0.05, 0.1) is 5.56 Å². The fourth-order valence-corrected chi connectivity index (χ4v) is 4.04. The molecule has 1 nitrogen and oxygen atoms in total. The first kappa shape index (κ1) is 16.6. The molecule has 0 spiro atoms. The first-order chi connectivity index (χ1) is 10.8. The Bertz CT molecular complexity index is 887. The van der Waals surface area contributed by atoms with Gasteiger partial charge in [-0.05, 0) is 30.3 Å². The topological polar surface area (TPSA) is 26.0 Å². The zero-order valence-corrected chi connectivity index (χ0v) is 13.9. The molecule has 0 unspecified atom stereocenters. The minimum atomic E-state index is -4.40. The van der Waals surface area contributed by atoms with Crippen molar-refractivity contribution in [3.8, 4) is 11.1 Å². The lowest BCUT2D eigenvalue weighted by Gasteiger charge is -2.09. The highest BCUT2D eigenvalue weighted by molar-refractivity contribution is 7.19. The van der Waals surface area contributed by atoms with Crippen LogP contribution >= 0.6 is 34.5 Å². The summed E-state index contributed by atoms with van der Waals surface area (Å²) in [7, 11) is 0. The summed E-state index contributed by atoms with van der Waals surface area (Å²) >= 11 is 13.5. The maximum atomic E-state index is 13.0. The third kappa shape index (κ3) is 3.06. The van der Waals surface area contributed by atoms with E-state index in [4.69, 9.17) is 28.9 Å². The minimum absolute atomic E-state index is 0.217. The molecule has 7 heteroatoms. The Morgan fingerprint density at radius 3 is 2.39 bits per heavy atom. The van der Waals surface area contributed by atoms with Crippen LogP contribution in [0.2, 0.25) is 10.0 Å². The number of hydrogen-bond donors (Lipinski definition) is 1. The maximum absolute atomic E-state index is 13.0. The molecule has 0 atom stereocenters. The van der Waals surface area contributed by atoms with Crippen LogP contribution in [0.4, 0.5) is 13.2 Å². The SMILES string of the molecule is NCc1sc2ccc(C(F)(F)F)cc2c1-c1ccc(Cl)cc1Cl. The number of hydrogen-bond acceptors (Lipinski definition) is 2. The van der Waals surface area contributed by atoms with E-state index in [1.807, 2.05) is 0 Å². The van der Waals surface area contributed by atoms with E-state index >= 15 is 0 Å². The largest absolute Gasteiger partial charge is 0.416 e. The molecule has 2 aromatic carbocycles.